The van der Waals surface area contributed by atoms with Crippen molar-refractivity contribution in [1.29, 1.82) is 0 Å². The van der Waals surface area contributed by atoms with Crippen molar-refractivity contribution in [3.05, 3.63) is 0 Å². The molecule has 0 aromatic rings. The predicted octanol–water partition coefficient (Wildman–Crippen LogP) is 0.442. The molecule has 8 fully saturated rings. The van der Waals surface area contributed by atoms with Gasteiger partial charge in [0.05, 0.1) is 30.8 Å². The van der Waals surface area contributed by atoms with Crippen LogP contribution in [0.2, 0.25) is 0 Å². The average Bonchev–Trinajstić information content (AvgIpc) is 3.23. The van der Waals surface area contributed by atoms with Gasteiger partial charge < -0.3 is 24.1 Å². The molecule has 118 valence electrons. The molecule has 0 aromatic heterocycles. The van der Waals surface area contributed by atoms with Gasteiger partial charge in [0.15, 0.2) is 11.6 Å². The molecular weight excluding hydrogens is 356 g/mol. The first-order valence-corrected chi connectivity index (χ1v) is 8.86. The summed E-state index contributed by atoms with van der Waals surface area (Å²) in [5.41, 5.74) is -0.885. The molecule has 8 atom stereocenters. The van der Waals surface area contributed by atoms with Crippen LogP contribution in [-0.4, -0.2) is 53.4 Å². The van der Waals surface area contributed by atoms with Gasteiger partial charge in [0, 0.05) is 11.8 Å². The topological polar surface area (TPSA) is 74.2 Å². The van der Waals surface area contributed by atoms with Crippen molar-refractivity contribution in [3.63, 3.8) is 0 Å². The normalized spacial score (nSPS) is 65.5. The lowest BCUT2D eigenvalue weighted by atomic mass is 9.35. The molecule has 2 spiro atoms. The number of carboxylic acids is 1. The van der Waals surface area contributed by atoms with Gasteiger partial charge in [-0.2, -0.15) is 0 Å². The van der Waals surface area contributed by atoms with E-state index in [0.29, 0.717) is 32.3 Å². The van der Waals surface area contributed by atoms with Gasteiger partial charge in [0.2, 0.25) is 0 Å². The summed E-state index contributed by atoms with van der Waals surface area (Å²) in [5, 5.41) is 10.1. The molecule has 2 saturated heterocycles. The van der Waals surface area contributed by atoms with Crippen LogP contribution < -0.4 is 0 Å². The largest absolute Gasteiger partial charge is 0.481 e. The van der Waals surface area contributed by atoms with Gasteiger partial charge in [-0.05, 0) is 23.7 Å². The van der Waals surface area contributed by atoms with Crippen LogP contribution in [-0.2, 0) is 23.7 Å². The summed E-state index contributed by atoms with van der Waals surface area (Å²) in [6.45, 7) is 2.14. The van der Waals surface area contributed by atoms with E-state index < -0.39 is 23.0 Å². The van der Waals surface area contributed by atoms with Crippen LogP contribution >= 0.6 is 15.9 Å². The SMILES string of the molecule is O=C(O)[C@]12[C@@H]3[C@H]4[C@H]([C@@H]5[C@@H]1[C@@H]3[C@@]4(Br)C51OCCO1)C21OCCO1. The third-order valence-corrected chi connectivity index (χ3v) is 9.73. The van der Waals surface area contributed by atoms with E-state index in [9.17, 15) is 9.90 Å². The number of hydrogen-bond donors (Lipinski definition) is 1. The van der Waals surface area contributed by atoms with E-state index in [-0.39, 0.29) is 33.9 Å². The molecule has 1 N–H and O–H groups in total. The van der Waals surface area contributed by atoms with E-state index in [1.54, 1.807) is 0 Å². The zero-order chi connectivity index (χ0) is 14.7. The average molecular weight is 371 g/mol. The summed E-state index contributed by atoms with van der Waals surface area (Å²) in [7, 11) is 0. The molecular formula is C15H15BrO6. The van der Waals surface area contributed by atoms with Gasteiger partial charge in [0.1, 0.15) is 5.41 Å². The minimum absolute atomic E-state index is 0.0422. The molecule has 8 rings (SSSR count). The Hall–Kier alpha value is -0.210. The molecule has 4 bridgehead atoms. The Labute approximate surface area is 134 Å². The number of alkyl halides is 1. The number of carbonyl (C=O) groups is 1. The van der Waals surface area contributed by atoms with Crippen LogP contribution in [0.1, 0.15) is 0 Å². The third-order valence-electron chi connectivity index (χ3n) is 8.12. The number of rotatable bonds is 1. The van der Waals surface area contributed by atoms with Crippen molar-refractivity contribution in [2.75, 3.05) is 26.4 Å². The molecule has 8 aliphatic rings. The highest BCUT2D eigenvalue weighted by atomic mass is 79.9. The highest BCUT2D eigenvalue weighted by molar-refractivity contribution is 9.10. The highest BCUT2D eigenvalue weighted by Gasteiger charge is 3.10. The van der Waals surface area contributed by atoms with E-state index in [2.05, 4.69) is 15.9 Å². The van der Waals surface area contributed by atoms with Crippen LogP contribution in [0.4, 0.5) is 0 Å². The number of hydrogen-bond acceptors (Lipinski definition) is 5. The summed E-state index contributed by atoms with van der Waals surface area (Å²) in [5.74, 6) is -1.49. The zero-order valence-corrected chi connectivity index (χ0v) is 13.2. The Kier molecular flexibility index (Phi) is 1.62. The number of halogens is 1. The lowest BCUT2D eigenvalue weighted by Crippen LogP contribution is -2.77. The van der Waals surface area contributed by atoms with Crippen LogP contribution in [0.5, 0.6) is 0 Å². The fourth-order valence-corrected chi connectivity index (χ4v) is 9.90. The van der Waals surface area contributed by atoms with Crippen molar-refractivity contribution < 1.29 is 28.8 Å². The summed E-state index contributed by atoms with van der Waals surface area (Å²) in [6.07, 6.45) is 0. The molecule has 2 heterocycles. The summed E-state index contributed by atoms with van der Waals surface area (Å²) in [4.78, 5) is 12.4. The minimum Gasteiger partial charge on any atom is -0.481 e. The molecule has 0 unspecified atom stereocenters. The second kappa shape index (κ2) is 2.92. The smallest absolute Gasteiger partial charge is 0.315 e. The van der Waals surface area contributed by atoms with Gasteiger partial charge >= 0.3 is 5.97 Å². The Morgan fingerprint density at radius 2 is 1.27 bits per heavy atom. The molecule has 7 heteroatoms. The lowest BCUT2D eigenvalue weighted by Gasteiger charge is -2.70. The Morgan fingerprint density at radius 1 is 0.818 bits per heavy atom. The summed E-state index contributed by atoms with van der Waals surface area (Å²) >= 11 is 3.97. The van der Waals surface area contributed by atoms with Crippen LogP contribution in [0.25, 0.3) is 0 Å². The molecule has 0 amide bonds. The molecule has 6 nitrogen and oxygen atoms in total. The maximum absolute atomic E-state index is 12.4. The number of carboxylic acid groups (broad SMARTS) is 1. The van der Waals surface area contributed by atoms with E-state index in [1.807, 2.05) is 0 Å². The highest BCUT2D eigenvalue weighted by Crippen LogP contribution is 3.01. The fraction of sp³-hybridized carbons (Fsp3) is 0.933. The van der Waals surface area contributed by atoms with Crippen molar-refractivity contribution in [2.24, 2.45) is 40.9 Å². The molecule has 22 heavy (non-hydrogen) atoms. The van der Waals surface area contributed by atoms with Crippen molar-refractivity contribution in [1.82, 2.24) is 0 Å². The molecule has 0 aromatic carbocycles. The van der Waals surface area contributed by atoms with Crippen LogP contribution in [0.15, 0.2) is 0 Å². The Balaban J connectivity index is 1.54. The maximum Gasteiger partial charge on any atom is 0.315 e. The van der Waals surface area contributed by atoms with Gasteiger partial charge in [0.25, 0.3) is 0 Å². The molecule has 0 radical (unpaired) electrons. The van der Waals surface area contributed by atoms with Crippen molar-refractivity contribution >= 4 is 21.9 Å². The van der Waals surface area contributed by atoms with E-state index in [4.69, 9.17) is 18.9 Å². The van der Waals surface area contributed by atoms with Crippen LogP contribution in [0, 0.1) is 40.9 Å². The molecule has 2 aliphatic heterocycles. The minimum atomic E-state index is -0.950. The summed E-state index contributed by atoms with van der Waals surface area (Å²) < 4.78 is 24.2. The first-order valence-electron chi connectivity index (χ1n) is 8.07. The monoisotopic (exact) mass is 370 g/mol. The number of aliphatic carboxylic acids is 1. The summed E-state index contributed by atoms with van der Waals surface area (Å²) in [6, 6.07) is 0. The number of ether oxygens (including phenoxy) is 4. The predicted molar refractivity (Wildman–Crippen MR) is 71.9 cm³/mol. The fourth-order valence-electron chi connectivity index (χ4n) is 8.27. The quantitative estimate of drug-likeness (QED) is 0.675. The van der Waals surface area contributed by atoms with Gasteiger partial charge in [-0.25, -0.2) is 0 Å². The zero-order valence-electron chi connectivity index (χ0n) is 11.7. The van der Waals surface area contributed by atoms with Crippen molar-refractivity contribution in [2.45, 2.75) is 15.9 Å². The first-order chi connectivity index (χ1) is 10.6. The molecule has 6 aliphatic carbocycles. The Bertz CT molecular complexity index is 654. The van der Waals surface area contributed by atoms with Crippen LogP contribution in [0.3, 0.4) is 0 Å². The maximum atomic E-state index is 12.4. The van der Waals surface area contributed by atoms with E-state index in [1.165, 1.54) is 0 Å². The Morgan fingerprint density at radius 3 is 1.86 bits per heavy atom. The first kappa shape index (κ1) is 12.2. The van der Waals surface area contributed by atoms with E-state index in [0.717, 1.165) is 0 Å². The second-order valence-electron chi connectivity index (χ2n) is 7.83. The standard InChI is InChI=1S/C15H15BrO6/c16-13-7-5-8(13)10-9(15(13)21-3-4-22-15)6(7)12(5,11(17)18)14(10)19-1-2-20-14/h5-10H,1-4H2,(H,17,18)/t5-,6-,7+,8-,9-,10+,12-,13-/m0/s1. The third kappa shape index (κ3) is 0.674. The van der Waals surface area contributed by atoms with Gasteiger partial charge in [-0.1, -0.05) is 15.9 Å². The van der Waals surface area contributed by atoms with Crippen molar-refractivity contribution in [3.8, 4) is 0 Å². The molecule has 6 saturated carbocycles. The second-order valence-corrected chi connectivity index (χ2v) is 9.14. The lowest BCUT2D eigenvalue weighted by molar-refractivity contribution is -0.291. The van der Waals surface area contributed by atoms with Gasteiger partial charge in [-0.3, -0.25) is 4.79 Å². The van der Waals surface area contributed by atoms with E-state index >= 15 is 0 Å². The van der Waals surface area contributed by atoms with Gasteiger partial charge in [-0.15, -0.1) is 0 Å².